The lowest BCUT2D eigenvalue weighted by atomic mass is 10.1. The van der Waals surface area contributed by atoms with Gasteiger partial charge in [-0.3, -0.25) is 19.4 Å². The monoisotopic (exact) mass is 599 g/mol. The van der Waals surface area contributed by atoms with Crippen molar-refractivity contribution in [2.24, 2.45) is 5.92 Å². The van der Waals surface area contributed by atoms with Gasteiger partial charge in [-0.05, 0) is 42.9 Å². The summed E-state index contributed by atoms with van der Waals surface area (Å²) in [5, 5.41) is 12.0. The third-order valence-electron chi connectivity index (χ3n) is 7.80. The van der Waals surface area contributed by atoms with Gasteiger partial charge in [0.2, 0.25) is 17.7 Å². The van der Waals surface area contributed by atoms with Gasteiger partial charge < -0.3 is 24.3 Å². The van der Waals surface area contributed by atoms with Gasteiger partial charge in [0, 0.05) is 49.7 Å². The van der Waals surface area contributed by atoms with Gasteiger partial charge in [0.05, 0.1) is 18.0 Å². The Morgan fingerprint density at radius 1 is 1.09 bits per heavy atom. The molecule has 0 bridgehead atoms. The molecular weight excluding hydrogens is 570 g/mol. The lowest BCUT2D eigenvalue weighted by Crippen LogP contribution is -2.30. The molecule has 2 aliphatic carbocycles. The van der Waals surface area contributed by atoms with Crippen molar-refractivity contribution in [1.82, 2.24) is 34.2 Å². The van der Waals surface area contributed by atoms with Crippen molar-refractivity contribution in [3.8, 4) is 11.9 Å². The van der Waals surface area contributed by atoms with E-state index < -0.39 is 6.03 Å². The zero-order valence-electron chi connectivity index (χ0n) is 23.8. The number of aromatic nitrogens is 6. The maximum atomic E-state index is 12.9. The molecule has 2 atom stereocenters. The number of carbonyl (C=O) groups is 3. The molecule has 226 valence electrons. The number of pyridine rings is 1. The van der Waals surface area contributed by atoms with Crippen molar-refractivity contribution in [3.05, 3.63) is 60.1 Å². The highest BCUT2D eigenvalue weighted by Crippen LogP contribution is 2.46. The molecule has 44 heavy (non-hydrogen) atoms. The Balaban J connectivity index is 1.10. The Morgan fingerprint density at radius 3 is 2.64 bits per heavy atom. The molecular formula is C29H29N9O6. The van der Waals surface area contributed by atoms with Crippen LogP contribution >= 0.6 is 0 Å². The molecule has 3 fully saturated rings. The number of hydrogen-bond acceptors (Lipinski definition) is 11. The lowest BCUT2D eigenvalue weighted by Gasteiger charge is -2.17. The van der Waals surface area contributed by atoms with Crippen LogP contribution in [0.25, 0.3) is 5.65 Å². The molecule has 1 saturated heterocycles. The number of fused-ring (bicyclic) bond motifs is 1. The van der Waals surface area contributed by atoms with Crippen LogP contribution in [0.2, 0.25) is 0 Å². The molecule has 4 aromatic rings. The summed E-state index contributed by atoms with van der Waals surface area (Å²) in [6.07, 6.45) is 9.86. The average molecular weight is 600 g/mol. The van der Waals surface area contributed by atoms with Crippen LogP contribution in [-0.2, 0) is 16.2 Å². The number of imide groups is 1. The fourth-order valence-corrected chi connectivity index (χ4v) is 5.23. The third kappa shape index (κ3) is 5.48. The van der Waals surface area contributed by atoms with E-state index >= 15 is 0 Å². The molecule has 15 nitrogen and oxygen atoms in total. The van der Waals surface area contributed by atoms with Crippen molar-refractivity contribution in [2.75, 3.05) is 37.0 Å². The van der Waals surface area contributed by atoms with Crippen molar-refractivity contribution < 1.29 is 29.0 Å². The number of hydrogen-bond donors (Lipinski definition) is 2. The first-order chi connectivity index (χ1) is 21.4. The van der Waals surface area contributed by atoms with Crippen molar-refractivity contribution in [1.29, 1.82) is 0 Å². The number of nitrogens with zero attached hydrogens (tertiary/aromatic N) is 8. The van der Waals surface area contributed by atoms with E-state index in [9.17, 15) is 19.5 Å². The van der Waals surface area contributed by atoms with E-state index in [0.29, 0.717) is 35.2 Å². The van der Waals surface area contributed by atoms with E-state index in [1.165, 1.54) is 18.0 Å². The number of urea groups is 1. The van der Waals surface area contributed by atoms with Crippen LogP contribution in [0.3, 0.4) is 0 Å². The summed E-state index contributed by atoms with van der Waals surface area (Å²) < 4.78 is 13.2. The highest BCUT2D eigenvalue weighted by Gasteiger charge is 2.46. The molecule has 2 saturated carbocycles. The van der Waals surface area contributed by atoms with Crippen molar-refractivity contribution in [2.45, 2.75) is 37.7 Å². The molecule has 4 aromatic heterocycles. The van der Waals surface area contributed by atoms with Gasteiger partial charge in [-0.1, -0.05) is 0 Å². The number of imidazole rings is 1. The number of nitrogens with one attached hydrogen (secondary N) is 1. The first-order valence-corrected chi connectivity index (χ1v) is 14.3. The molecule has 4 amide bonds. The zero-order chi connectivity index (χ0) is 30.4. The topological polar surface area (TPSA) is 177 Å². The number of rotatable bonds is 11. The normalized spacial score (nSPS) is 19.5. The Hall–Kier alpha value is -5.18. The minimum atomic E-state index is -0.398. The molecule has 7 rings (SSSR count). The second-order valence-electron chi connectivity index (χ2n) is 11.0. The van der Waals surface area contributed by atoms with E-state index in [1.54, 1.807) is 18.5 Å². The number of carbonyl (C=O) groups excluding carboxylic acids is 3. The third-order valence-corrected chi connectivity index (χ3v) is 7.80. The van der Waals surface area contributed by atoms with Crippen LogP contribution in [0.4, 0.5) is 16.3 Å². The first kappa shape index (κ1) is 27.6. The molecule has 3 aliphatic rings. The highest BCUT2D eigenvalue weighted by molar-refractivity contribution is 6.13. The summed E-state index contributed by atoms with van der Waals surface area (Å²) in [6.45, 7) is -0.334. The second-order valence-corrected chi connectivity index (χ2v) is 11.0. The minimum Gasteiger partial charge on any atom is -0.471 e. The lowest BCUT2D eigenvalue weighted by molar-refractivity contribution is -0.124. The van der Waals surface area contributed by atoms with Crippen LogP contribution in [-0.4, -0.2) is 84.0 Å². The fourth-order valence-electron chi connectivity index (χ4n) is 5.23. The number of ether oxygens (including phenoxy) is 2. The van der Waals surface area contributed by atoms with Crippen LogP contribution in [0.15, 0.2) is 43.0 Å². The summed E-state index contributed by atoms with van der Waals surface area (Å²) in [5.41, 5.74) is 2.71. The van der Waals surface area contributed by atoms with Crippen molar-refractivity contribution >= 4 is 35.0 Å². The summed E-state index contributed by atoms with van der Waals surface area (Å²) in [7, 11) is 1.47. The molecule has 2 N–H and O–H groups in total. The summed E-state index contributed by atoms with van der Waals surface area (Å²) >= 11 is 0. The maximum absolute atomic E-state index is 12.9. The SMILES string of the molecule is CN1C(=O)CN(c2cc(C3CC3)cn3cc(COc4cc(NC(=O)[C@H]5C[C@@H]5c5ncccn5)nc(OCCO)n4)nc23)C1=O. The molecule has 0 radical (unpaired) electrons. The van der Waals surface area contributed by atoms with E-state index in [4.69, 9.17) is 14.5 Å². The molecule has 0 spiro atoms. The smallest absolute Gasteiger partial charge is 0.331 e. The maximum Gasteiger partial charge on any atom is 0.331 e. The van der Waals surface area contributed by atoms with E-state index in [1.807, 2.05) is 22.9 Å². The van der Waals surface area contributed by atoms with Crippen LogP contribution in [0.5, 0.6) is 11.9 Å². The van der Waals surface area contributed by atoms with Gasteiger partial charge in [-0.15, -0.1) is 0 Å². The number of likely N-dealkylation sites (N-methyl/N-ethyl adjacent to an activating group) is 1. The largest absolute Gasteiger partial charge is 0.471 e. The molecule has 0 unspecified atom stereocenters. The Morgan fingerprint density at radius 2 is 1.91 bits per heavy atom. The second kappa shape index (κ2) is 11.1. The van der Waals surface area contributed by atoms with E-state index in [-0.39, 0.29) is 67.7 Å². The molecule has 15 heteroatoms. The predicted molar refractivity (Wildman–Crippen MR) is 153 cm³/mol. The van der Waals surface area contributed by atoms with Crippen LogP contribution in [0, 0.1) is 5.92 Å². The van der Waals surface area contributed by atoms with Crippen molar-refractivity contribution in [3.63, 3.8) is 0 Å². The Kier molecular flexibility index (Phi) is 7.00. The van der Waals surface area contributed by atoms with E-state index in [0.717, 1.165) is 23.3 Å². The average Bonchev–Trinajstić information content (AvgIpc) is 3.96. The van der Waals surface area contributed by atoms with E-state index in [2.05, 4.69) is 25.3 Å². The Labute approximate surface area is 250 Å². The predicted octanol–water partition coefficient (Wildman–Crippen LogP) is 1.88. The minimum absolute atomic E-state index is 0.00649. The Bertz CT molecular complexity index is 1760. The quantitative estimate of drug-likeness (QED) is 0.241. The van der Waals surface area contributed by atoms with Crippen LogP contribution < -0.4 is 19.7 Å². The summed E-state index contributed by atoms with van der Waals surface area (Å²) in [4.78, 5) is 62.3. The fraction of sp³-hybridized carbons (Fsp3) is 0.379. The molecule has 5 heterocycles. The number of anilines is 2. The number of aliphatic hydroxyl groups is 1. The standard InChI is InChI=1S/C29H29N9O6/c1-36-24(40)14-38(29(36)42)21-9-17(16-3-4-16)12-37-13-18(32-26(21)37)15-44-23-11-22(34-28(35-23)43-8-7-39)33-27(41)20-10-19(20)25-30-5-2-6-31-25/h2,5-6,9,11-13,16,19-20,39H,3-4,7-8,10,14-15H2,1H3,(H,33,34,35,41)/t19-,20-/m0/s1. The first-order valence-electron chi connectivity index (χ1n) is 14.3. The number of aliphatic hydroxyl groups excluding tert-OH is 1. The van der Waals surface area contributed by atoms with Gasteiger partial charge >= 0.3 is 12.0 Å². The number of amides is 4. The molecule has 0 aromatic carbocycles. The molecule has 1 aliphatic heterocycles. The van der Waals surface area contributed by atoms with Gasteiger partial charge in [-0.2, -0.15) is 9.97 Å². The highest BCUT2D eigenvalue weighted by atomic mass is 16.5. The summed E-state index contributed by atoms with van der Waals surface area (Å²) in [6, 6.07) is 4.68. The van der Waals surface area contributed by atoms with Gasteiger partial charge in [0.1, 0.15) is 31.4 Å². The van der Waals surface area contributed by atoms with Gasteiger partial charge in [0.15, 0.2) is 5.65 Å². The van der Waals surface area contributed by atoms with Gasteiger partial charge in [0.25, 0.3) is 0 Å². The van der Waals surface area contributed by atoms with Crippen LogP contribution in [0.1, 0.15) is 48.2 Å². The summed E-state index contributed by atoms with van der Waals surface area (Å²) in [5.74, 6) is 0.470. The van der Waals surface area contributed by atoms with Gasteiger partial charge in [-0.25, -0.2) is 19.7 Å². The zero-order valence-corrected chi connectivity index (χ0v) is 23.8.